The Balaban J connectivity index is 2.49. The summed E-state index contributed by atoms with van der Waals surface area (Å²) < 4.78 is 6.42. The second kappa shape index (κ2) is 2.91. The number of hydrogen-bond donors (Lipinski definition) is 0. The molecule has 58 valence electrons. The molecule has 0 unspecified atom stereocenters. The van der Waals surface area contributed by atoms with E-state index in [1.807, 2.05) is 12.3 Å². The van der Waals surface area contributed by atoms with Gasteiger partial charge in [0.2, 0.25) is 0 Å². The molecule has 0 fully saturated rings. The van der Waals surface area contributed by atoms with Crippen molar-refractivity contribution in [3.8, 4) is 0 Å². The Morgan fingerprint density at radius 3 is 3.27 bits per heavy atom. The summed E-state index contributed by atoms with van der Waals surface area (Å²) in [7, 11) is 0. The van der Waals surface area contributed by atoms with Crippen molar-refractivity contribution < 1.29 is 4.74 Å². The van der Waals surface area contributed by atoms with E-state index in [0.717, 1.165) is 17.5 Å². The van der Waals surface area contributed by atoms with Gasteiger partial charge in [0.05, 0.1) is 13.2 Å². The van der Waals surface area contributed by atoms with Gasteiger partial charge in [-0.05, 0) is 6.07 Å². The molecule has 2 nitrogen and oxygen atoms in total. The number of nitrogens with zero attached hydrogens (tertiary/aromatic N) is 1. The van der Waals surface area contributed by atoms with E-state index in [1.54, 1.807) is 0 Å². The first-order valence-corrected chi connectivity index (χ1v) is 4.37. The summed E-state index contributed by atoms with van der Waals surface area (Å²) in [5.74, 6) is 0. The van der Waals surface area contributed by atoms with Gasteiger partial charge in [-0.2, -0.15) is 0 Å². The van der Waals surface area contributed by atoms with Crippen molar-refractivity contribution in [2.75, 3.05) is 6.61 Å². The molecule has 1 aromatic heterocycles. The van der Waals surface area contributed by atoms with E-state index >= 15 is 0 Å². The predicted molar refractivity (Wildman–Crippen MR) is 45.3 cm³/mol. The third kappa shape index (κ3) is 1.30. The molecule has 0 spiro atoms. The zero-order chi connectivity index (χ0) is 7.68. The Morgan fingerprint density at radius 2 is 2.45 bits per heavy atom. The van der Waals surface area contributed by atoms with Gasteiger partial charge in [-0.1, -0.05) is 15.9 Å². The van der Waals surface area contributed by atoms with Gasteiger partial charge in [0.25, 0.3) is 0 Å². The van der Waals surface area contributed by atoms with Crippen LogP contribution in [0.4, 0.5) is 0 Å². The highest BCUT2D eigenvalue weighted by molar-refractivity contribution is 9.10. The lowest BCUT2D eigenvalue weighted by Crippen LogP contribution is -2.11. The van der Waals surface area contributed by atoms with Crippen molar-refractivity contribution >= 4 is 15.9 Å². The van der Waals surface area contributed by atoms with Crippen molar-refractivity contribution in [3.05, 3.63) is 28.0 Å². The summed E-state index contributed by atoms with van der Waals surface area (Å²) in [5, 5.41) is 0. The summed E-state index contributed by atoms with van der Waals surface area (Å²) in [6, 6.07) is 1.95. The minimum atomic E-state index is 0.698. The van der Waals surface area contributed by atoms with Crippen LogP contribution in [0, 0.1) is 0 Å². The highest BCUT2D eigenvalue weighted by Gasteiger charge is 2.12. The van der Waals surface area contributed by atoms with Crippen molar-refractivity contribution in [2.45, 2.75) is 13.0 Å². The SMILES string of the molecule is Brc1ccnc2c1COCC2. The average molecular weight is 214 g/mol. The largest absolute Gasteiger partial charge is 0.376 e. The third-order valence-electron chi connectivity index (χ3n) is 1.82. The summed E-state index contributed by atoms with van der Waals surface area (Å²) in [5.41, 5.74) is 2.38. The number of fused-ring (bicyclic) bond motifs is 1. The minimum Gasteiger partial charge on any atom is -0.376 e. The predicted octanol–water partition coefficient (Wildman–Crippen LogP) is 1.92. The average Bonchev–Trinajstić information content (AvgIpc) is 2.06. The molecule has 2 rings (SSSR count). The van der Waals surface area contributed by atoms with Gasteiger partial charge < -0.3 is 4.74 Å². The molecule has 1 aliphatic heterocycles. The number of hydrogen-bond acceptors (Lipinski definition) is 2. The summed E-state index contributed by atoms with van der Waals surface area (Å²) in [4.78, 5) is 4.27. The second-order valence-electron chi connectivity index (χ2n) is 2.52. The Hall–Kier alpha value is -0.410. The van der Waals surface area contributed by atoms with Crippen molar-refractivity contribution in [3.63, 3.8) is 0 Å². The molecule has 11 heavy (non-hydrogen) atoms. The minimum absolute atomic E-state index is 0.698. The van der Waals surface area contributed by atoms with Crippen LogP contribution in [0.3, 0.4) is 0 Å². The normalized spacial score (nSPS) is 16.1. The maximum absolute atomic E-state index is 5.31. The summed E-state index contributed by atoms with van der Waals surface area (Å²) in [6.45, 7) is 1.50. The monoisotopic (exact) mass is 213 g/mol. The Kier molecular flexibility index (Phi) is 1.92. The number of ether oxygens (including phenoxy) is 1. The molecular weight excluding hydrogens is 206 g/mol. The van der Waals surface area contributed by atoms with Gasteiger partial charge in [-0.3, -0.25) is 4.98 Å². The number of aromatic nitrogens is 1. The van der Waals surface area contributed by atoms with E-state index in [2.05, 4.69) is 20.9 Å². The van der Waals surface area contributed by atoms with E-state index in [4.69, 9.17) is 4.74 Å². The van der Waals surface area contributed by atoms with Gasteiger partial charge in [0.15, 0.2) is 0 Å². The highest BCUT2D eigenvalue weighted by Crippen LogP contribution is 2.22. The lowest BCUT2D eigenvalue weighted by Gasteiger charge is -2.15. The summed E-state index contributed by atoms with van der Waals surface area (Å²) in [6.07, 6.45) is 2.77. The zero-order valence-electron chi connectivity index (χ0n) is 6.01. The van der Waals surface area contributed by atoms with Crippen LogP contribution in [0.25, 0.3) is 0 Å². The molecule has 0 aromatic carbocycles. The molecule has 0 saturated carbocycles. The van der Waals surface area contributed by atoms with Crippen LogP contribution < -0.4 is 0 Å². The van der Waals surface area contributed by atoms with E-state index in [-0.39, 0.29) is 0 Å². The number of rotatable bonds is 0. The molecule has 0 bridgehead atoms. The molecular formula is C8H8BrNO. The fraction of sp³-hybridized carbons (Fsp3) is 0.375. The zero-order valence-corrected chi connectivity index (χ0v) is 7.60. The number of pyridine rings is 1. The van der Waals surface area contributed by atoms with Crippen molar-refractivity contribution in [2.24, 2.45) is 0 Å². The summed E-state index contributed by atoms with van der Waals surface area (Å²) >= 11 is 3.46. The lowest BCUT2D eigenvalue weighted by atomic mass is 10.1. The highest BCUT2D eigenvalue weighted by atomic mass is 79.9. The molecule has 3 heteroatoms. The van der Waals surface area contributed by atoms with Gasteiger partial charge in [0, 0.05) is 28.3 Å². The van der Waals surface area contributed by atoms with Crippen LogP contribution in [-0.2, 0) is 17.8 Å². The van der Waals surface area contributed by atoms with E-state index in [0.29, 0.717) is 6.61 Å². The molecule has 2 heterocycles. The van der Waals surface area contributed by atoms with Crippen LogP contribution >= 0.6 is 15.9 Å². The van der Waals surface area contributed by atoms with E-state index < -0.39 is 0 Å². The quantitative estimate of drug-likeness (QED) is 0.658. The van der Waals surface area contributed by atoms with Crippen molar-refractivity contribution in [1.29, 1.82) is 0 Å². The molecule has 1 aromatic rings. The molecule has 0 amide bonds. The van der Waals surface area contributed by atoms with Crippen molar-refractivity contribution in [1.82, 2.24) is 4.98 Å². The Bertz CT molecular complexity index is 275. The molecule has 0 aliphatic carbocycles. The molecule has 0 radical (unpaired) electrons. The van der Waals surface area contributed by atoms with Gasteiger partial charge >= 0.3 is 0 Å². The van der Waals surface area contributed by atoms with Crippen LogP contribution in [0.1, 0.15) is 11.3 Å². The van der Waals surface area contributed by atoms with Gasteiger partial charge in [-0.15, -0.1) is 0 Å². The topological polar surface area (TPSA) is 22.1 Å². The van der Waals surface area contributed by atoms with E-state index in [9.17, 15) is 0 Å². The third-order valence-corrected chi connectivity index (χ3v) is 2.56. The van der Waals surface area contributed by atoms with Crippen LogP contribution in [0.2, 0.25) is 0 Å². The fourth-order valence-electron chi connectivity index (χ4n) is 1.22. The van der Waals surface area contributed by atoms with Crippen LogP contribution in [0.5, 0.6) is 0 Å². The first kappa shape index (κ1) is 7.25. The number of halogens is 1. The molecule has 0 N–H and O–H groups in total. The first-order chi connectivity index (χ1) is 5.38. The standard InChI is InChI=1S/C8H8BrNO/c9-7-1-3-10-8-2-4-11-5-6(7)8/h1,3H,2,4-5H2. The second-order valence-corrected chi connectivity index (χ2v) is 3.37. The van der Waals surface area contributed by atoms with E-state index in [1.165, 1.54) is 11.3 Å². The maximum Gasteiger partial charge on any atom is 0.0745 e. The lowest BCUT2D eigenvalue weighted by molar-refractivity contribution is 0.108. The van der Waals surface area contributed by atoms with Gasteiger partial charge in [0.1, 0.15) is 0 Å². The molecule has 0 saturated heterocycles. The molecule has 1 aliphatic rings. The smallest absolute Gasteiger partial charge is 0.0745 e. The Labute approximate surface area is 73.7 Å². The van der Waals surface area contributed by atoms with Crippen LogP contribution in [-0.4, -0.2) is 11.6 Å². The molecule has 0 atom stereocenters. The van der Waals surface area contributed by atoms with Gasteiger partial charge in [-0.25, -0.2) is 0 Å². The maximum atomic E-state index is 5.31. The van der Waals surface area contributed by atoms with Crippen LogP contribution in [0.15, 0.2) is 16.7 Å². The Morgan fingerprint density at radius 1 is 1.55 bits per heavy atom. The first-order valence-electron chi connectivity index (χ1n) is 3.58. The fourth-order valence-corrected chi connectivity index (χ4v) is 1.68.